The normalized spacial score (nSPS) is 27.4. The number of hydrogen-bond acceptors (Lipinski definition) is 1. The first kappa shape index (κ1) is 11.7. The van der Waals surface area contributed by atoms with Gasteiger partial charge in [-0.1, -0.05) is 56.3 Å². The zero-order valence-electron chi connectivity index (χ0n) is 11.1. The van der Waals surface area contributed by atoms with Crippen LogP contribution >= 0.6 is 0 Å². The molecule has 1 heteroatoms. The highest BCUT2D eigenvalue weighted by Gasteiger charge is 2.45. The van der Waals surface area contributed by atoms with E-state index in [9.17, 15) is 5.11 Å². The van der Waals surface area contributed by atoms with Gasteiger partial charge in [-0.05, 0) is 41.0 Å². The Morgan fingerprint density at radius 3 is 2.44 bits per heavy atom. The van der Waals surface area contributed by atoms with Gasteiger partial charge in [0.05, 0.1) is 5.60 Å². The van der Waals surface area contributed by atoms with Crippen molar-refractivity contribution in [2.24, 2.45) is 11.8 Å². The molecule has 0 atom stereocenters. The molecule has 1 aliphatic rings. The smallest absolute Gasteiger partial charge is 0.0908 e. The van der Waals surface area contributed by atoms with Crippen LogP contribution in [0.2, 0.25) is 0 Å². The van der Waals surface area contributed by atoms with Crippen molar-refractivity contribution < 1.29 is 5.11 Å². The van der Waals surface area contributed by atoms with Gasteiger partial charge in [-0.3, -0.25) is 0 Å². The van der Waals surface area contributed by atoms with E-state index in [4.69, 9.17) is 0 Å². The lowest BCUT2D eigenvalue weighted by molar-refractivity contribution is -0.0922. The first-order valence-electron chi connectivity index (χ1n) is 6.81. The van der Waals surface area contributed by atoms with Crippen molar-refractivity contribution in [3.05, 3.63) is 48.0 Å². The lowest BCUT2D eigenvalue weighted by Crippen LogP contribution is -2.43. The fourth-order valence-corrected chi connectivity index (χ4v) is 3.13. The summed E-state index contributed by atoms with van der Waals surface area (Å²) in [6.07, 6.45) is 1.80. The molecule has 0 bridgehead atoms. The molecule has 1 N–H and O–H groups in total. The molecular formula is C17H20O. The van der Waals surface area contributed by atoms with Crippen LogP contribution in [0.3, 0.4) is 0 Å². The Balaban J connectivity index is 2.01. The van der Waals surface area contributed by atoms with E-state index in [1.54, 1.807) is 0 Å². The molecule has 0 aromatic heterocycles. The van der Waals surface area contributed by atoms with Gasteiger partial charge in [0.15, 0.2) is 0 Å². The molecule has 3 rings (SSSR count). The van der Waals surface area contributed by atoms with Crippen LogP contribution < -0.4 is 0 Å². The van der Waals surface area contributed by atoms with Gasteiger partial charge in [0.1, 0.15) is 0 Å². The second-order valence-electron chi connectivity index (χ2n) is 5.97. The third-order valence-electron chi connectivity index (χ3n) is 4.43. The van der Waals surface area contributed by atoms with E-state index in [1.165, 1.54) is 10.8 Å². The molecule has 1 fully saturated rings. The van der Waals surface area contributed by atoms with Crippen LogP contribution in [0.25, 0.3) is 10.8 Å². The van der Waals surface area contributed by atoms with Gasteiger partial charge >= 0.3 is 0 Å². The van der Waals surface area contributed by atoms with Gasteiger partial charge < -0.3 is 5.11 Å². The minimum atomic E-state index is -0.601. The van der Waals surface area contributed by atoms with Crippen LogP contribution in [0.1, 0.15) is 32.3 Å². The highest BCUT2D eigenvalue weighted by Crippen LogP contribution is 2.50. The quantitative estimate of drug-likeness (QED) is 0.838. The summed E-state index contributed by atoms with van der Waals surface area (Å²) in [7, 11) is 0. The van der Waals surface area contributed by atoms with Crippen molar-refractivity contribution in [1.29, 1.82) is 0 Å². The summed E-state index contributed by atoms with van der Waals surface area (Å²) in [5.74, 6) is 1.33. The van der Waals surface area contributed by atoms with Crippen molar-refractivity contribution in [2.75, 3.05) is 0 Å². The minimum absolute atomic E-state index is 0.601. The van der Waals surface area contributed by atoms with Crippen LogP contribution in [0.15, 0.2) is 42.5 Å². The molecule has 0 heterocycles. The maximum absolute atomic E-state index is 10.8. The molecule has 0 aliphatic heterocycles. The highest BCUT2D eigenvalue weighted by molar-refractivity contribution is 5.86. The molecule has 0 amide bonds. The monoisotopic (exact) mass is 240 g/mol. The van der Waals surface area contributed by atoms with E-state index in [1.807, 2.05) is 12.1 Å². The molecule has 1 saturated carbocycles. The molecule has 1 nitrogen and oxygen atoms in total. The highest BCUT2D eigenvalue weighted by atomic mass is 16.3. The SMILES string of the molecule is CC(C)C1CC(O)(c2cccc3ccccc23)C1. The van der Waals surface area contributed by atoms with E-state index < -0.39 is 5.60 Å². The Bertz CT molecular complexity index is 559. The van der Waals surface area contributed by atoms with Crippen LogP contribution in [0.5, 0.6) is 0 Å². The maximum Gasteiger partial charge on any atom is 0.0908 e. The predicted molar refractivity (Wildman–Crippen MR) is 75.4 cm³/mol. The Kier molecular flexibility index (Phi) is 2.67. The Morgan fingerprint density at radius 2 is 1.72 bits per heavy atom. The van der Waals surface area contributed by atoms with Gasteiger partial charge in [0.2, 0.25) is 0 Å². The molecule has 0 radical (unpaired) electrons. The van der Waals surface area contributed by atoms with Crippen molar-refractivity contribution in [3.8, 4) is 0 Å². The number of hydrogen-bond donors (Lipinski definition) is 1. The summed E-state index contributed by atoms with van der Waals surface area (Å²) in [5.41, 5.74) is 0.507. The fourth-order valence-electron chi connectivity index (χ4n) is 3.13. The van der Waals surface area contributed by atoms with E-state index in [2.05, 4.69) is 44.2 Å². The number of benzene rings is 2. The summed E-state index contributed by atoms with van der Waals surface area (Å²) >= 11 is 0. The van der Waals surface area contributed by atoms with Crippen molar-refractivity contribution in [3.63, 3.8) is 0 Å². The number of fused-ring (bicyclic) bond motifs is 1. The molecule has 1 aliphatic carbocycles. The van der Waals surface area contributed by atoms with Gasteiger partial charge in [-0.15, -0.1) is 0 Å². The summed E-state index contributed by atoms with van der Waals surface area (Å²) in [6.45, 7) is 4.49. The molecule has 0 spiro atoms. The average Bonchev–Trinajstić information content (AvgIpc) is 2.34. The molecule has 2 aromatic rings. The Morgan fingerprint density at radius 1 is 1.06 bits per heavy atom. The Labute approximate surface area is 108 Å². The standard InChI is InChI=1S/C17H20O/c1-12(2)14-10-17(18,11-14)16-9-5-7-13-6-3-4-8-15(13)16/h3-9,12,14,18H,10-11H2,1-2H3. The lowest BCUT2D eigenvalue weighted by atomic mass is 9.63. The zero-order chi connectivity index (χ0) is 12.8. The second-order valence-corrected chi connectivity index (χ2v) is 5.97. The predicted octanol–water partition coefficient (Wildman–Crippen LogP) is 4.09. The lowest BCUT2D eigenvalue weighted by Gasteiger charge is -2.46. The van der Waals surface area contributed by atoms with E-state index in [-0.39, 0.29) is 0 Å². The summed E-state index contributed by atoms with van der Waals surface area (Å²) in [4.78, 5) is 0. The first-order chi connectivity index (χ1) is 8.60. The van der Waals surface area contributed by atoms with Gasteiger partial charge in [-0.25, -0.2) is 0 Å². The Hall–Kier alpha value is -1.34. The number of rotatable bonds is 2. The molecule has 94 valence electrons. The van der Waals surface area contributed by atoms with E-state index >= 15 is 0 Å². The molecule has 0 saturated heterocycles. The molecule has 18 heavy (non-hydrogen) atoms. The zero-order valence-corrected chi connectivity index (χ0v) is 11.1. The molecule has 2 aromatic carbocycles. The third-order valence-corrected chi connectivity index (χ3v) is 4.43. The average molecular weight is 240 g/mol. The second kappa shape index (κ2) is 4.10. The number of aliphatic hydroxyl groups is 1. The summed E-state index contributed by atoms with van der Waals surface area (Å²) in [5, 5.41) is 13.2. The van der Waals surface area contributed by atoms with Crippen molar-refractivity contribution in [1.82, 2.24) is 0 Å². The van der Waals surface area contributed by atoms with Crippen LogP contribution in [-0.2, 0) is 5.60 Å². The van der Waals surface area contributed by atoms with Crippen LogP contribution in [0, 0.1) is 11.8 Å². The van der Waals surface area contributed by atoms with Crippen LogP contribution in [0.4, 0.5) is 0 Å². The topological polar surface area (TPSA) is 20.2 Å². The van der Waals surface area contributed by atoms with Crippen molar-refractivity contribution >= 4 is 10.8 Å². The summed E-state index contributed by atoms with van der Waals surface area (Å²) < 4.78 is 0. The van der Waals surface area contributed by atoms with Crippen LogP contribution in [-0.4, -0.2) is 5.11 Å². The molecule has 0 unspecified atom stereocenters. The summed E-state index contributed by atoms with van der Waals surface area (Å²) in [6, 6.07) is 14.6. The van der Waals surface area contributed by atoms with Gasteiger partial charge in [0, 0.05) is 0 Å². The first-order valence-corrected chi connectivity index (χ1v) is 6.81. The largest absolute Gasteiger partial charge is 0.385 e. The molecular weight excluding hydrogens is 220 g/mol. The minimum Gasteiger partial charge on any atom is -0.385 e. The van der Waals surface area contributed by atoms with Gasteiger partial charge in [0.25, 0.3) is 0 Å². The third kappa shape index (κ3) is 1.74. The van der Waals surface area contributed by atoms with E-state index in [0.717, 1.165) is 18.4 Å². The fraction of sp³-hybridized carbons (Fsp3) is 0.412. The van der Waals surface area contributed by atoms with Crippen molar-refractivity contribution in [2.45, 2.75) is 32.3 Å². The van der Waals surface area contributed by atoms with E-state index in [0.29, 0.717) is 11.8 Å². The maximum atomic E-state index is 10.8. The van der Waals surface area contributed by atoms with Gasteiger partial charge in [-0.2, -0.15) is 0 Å².